The molecular formula is C11H20N4O3S. The van der Waals surface area contributed by atoms with Crippen LogP contribution in [0.3, 0.4) is 0 Å². The van der Waals surface area contributed by atoms with Gasteiger partial charge in [0.05, 0.1) is 11.8 Å². The molecule has 1 amide bonds. The Labute approximate surface area is 113 Å². The molecule has 3 N–H and O–H groups in total. The number of nitrogens with two attached hydrogens (primary N) is 1. The maximum atomic E-state index is 11.6. The molecule has 0 aliphatic carbocycles. The number of aryl methyl sites for hydroxylation is 1. The van der Waals surface area contributed by atoms with E-state index in [0.29, 0.717) is 13.0 Å². The number of carbonyl (C=O) groups is 1. The molecule has 0 saturated heterocycles. The van der Waals surface area contributed by atoms with Gasteiger partial charge < -0.3 is 15.6 Å². The molecule has 1 aromatic rings. The number of sulfone groups is 1. The molecule has 1 unspecified atom stereocenters. The fourth-order valence-electron chi connectivity index (χ4n) is 1.54. The van der Waals surface area contributed by atoms with Crippen LogP contribution < -0.4 is 11.1 Å². The van der Waals surface area contributed by atoms with Gasteiger partial charge in [0.1, 0.15) is 15.7 Å². The molecule has 0 spiro atoms. The van der Waals surface area contributed by atoms with Crippen LogP contribution in [-0.2, 0) is 28.1 Å². The van der Waals surface area contributed by atoms with E-state index >= 15 is 0 Å². The Balaban J connectivity index is 2.29. The minimum Gasteiger partial charge on any atom is -0.354 e. The van der Waals surface area contributed by atoms with Crippen LogP contribution in [0.15, 0.2) is 12.4 Å². The molecule has 7 nitrogen and oxygen atoms in total. The Bertz CT molecular complexity index is 524. The van der Waals surface area contributed by atoms with Gasteiger partial charge in [-0.25, -0.2) is 13.4 Å². The zero-order valence-corrected chi connectivity index (χ0v) is 12.0. The van der Waals surface area contributed by atoms with Crippen molar-refractivity contribution in [2.24, 2.45) is 12.8 Å². The number of hydrogen-bond donors (Lipinski definition) is 2. The van der Waals surface area contributed by atoms with Gasteiger partial charge in [-0.05, 0) is 6.42 Å². The van der Waals surface area contributed by atoms with Crippen LogP contribution in [0.25, 0.3) is 0 Å². The topological polar surface area (TPSA) is 107 Å². The highest BCUT2D eigenvalue weighted by molar-refractivity contribution is 7.90. The van der Waals surface area contributed by atoms with E-state index in [2.05, 4.69) is 10.3 Å². The van der Waals surface area contributed by atoms with Crippen molar-refractivity contribution in [1.29, 1.82) is 0 Å². The fraction of sp³-hybridized carbons (Fsp3) is 0.636. The van der Waals surface area contributed by atoms with Crippen molar-refractivity contribution in [3.63, 3.8) is 0 Å². The molecule has 0 aromatic carbocycles. The van der Waals surface area contributed by atoms with Gasteiger partial charge in [-0.1, -0.05) is 0 Å². The Morgan fingerprint density at radius 3 is 2.79 bits per heavy atom. The van der Waals surface area contributed by atoms with E-state index in [9.17, 15) is 13.2 Å². The predicted octanol–water partition coefficient (Wildman–Crippen LogP) is -1.16. The number of nitrogens with zero attached hydrogens (tertiary/aromatic N) is 2. The summed E-state index contributed by atoms with van der Waals surface area (Å²) in [6, 6.07) is -0.795. The van der Waals surface area contributed by atoms with E-state index in [1.54, 1.807) is 6.20 Å². The van der Waals surface area contributed by atoms with Gasteiger partial charge in [0, 0.05) is 38.7 Å². The molecule has 0 fully saturated rings. The highest BCUT2D eigenvalue weighted by atomic mass is 32.2. The maximum Gasteiger partial charge on any atom is 0.236 e. The first-order valence-electron chi connectivity index (χ1n) is 5.97. The zero-order valence-electron chi connectivity index (χ0n) is 11.2. The fourth-order valence-corrected chi connectivity index (χ4v) is 2.22. The first-order chi connectivity index (χ1) is 8.79. The average Bonchev–Trinajstić information content (AvgIpc) is 2.71. The summed E-state index contributed by atoms with van der Waals surface area (Å²) >= 11 is 0. The van der Waals surface area contributed by atoms with Crippen LogP contribution in [0, 0.1) is 0 Å². The lowest BCUT2D eigenvalue weighted by atomic mass is 10.2. The van der Waals surface area contributed by atoms with Crippen molar-refractivity contribution in [1.82, 2.24) is 14.9 Å². The van der Waals surface area contributed by atoms with Gasteiger partial charge in [-0.3, -0.25) is 4.79 Å². The minimum atomic E-state index is -3.09. The second kappa shape index (κ2) is 6.67. The third kappa shape index (κ3) is 5.84. The van der Waals surface area contributed by atoms with Crippen LogP contribution >= 0.6 is 0 Å². The molecule has 1 aromatic heterocycles. The van der Waals surface area contributed by atoms with E-state index < -0.39 is 15.9 Å². The summed E-state index contributed by atoms with van der Waals surface area (Å²) in [7, 11) is -1.21. The van der Waals surface area contributed by atoms with Crippen LogP contribution in [0.2, 0.25) is 0 Å². The first kappa shape index (κ1) is 15.6. The number of nitrogens with one attached hydrogen (secondary N) is 1. The third-order valence-electron chi connectivity index (χ3n) is 2.71. The van der Waals surface area contributed by atoms with Gasteiger partial charge >= 0.3 is 0 Å². The largest absolute Gasteiger partial charge is 0.354 e. The van der Waals surface area contributed by atoms with Gasteiger partial charge in [0.2, 0.25) is 5.91 Å². The van der Waals surface area contributed by atoms with Gasteiger partial charge in [-0.15, -0.1) is 0 Å². The smallest absolute Gasteiger partial charge is 0.236 e. The summed E-state index contributed by atoms with van der Waals surface area (Å²) in [6.07, 6.45) is 5.38. The predicted molar refractivity (Wildman–Crippen MR) is 72.2 cm³/mol. The molecule has 0 aliphatic heterocycles. The van der Waals surface area contributed by atoms with E-state index in [4.69, 9.17) is 5.73 Å². The van der Waals surface area contributed by atoms with E-state index in [-0.39, 0.29) is 18.1 Å². The van der Waals surface area contributed by atoms with Crippen molar-refractivity contribution in [2.45, 2.75) is 18.9 Å². The summed E-state index contributed by atoms with van der Waals surface area (Å²) in [4.78, 5) is 15.7. The van der Waals surface area contributed by atoms with Crippen molar-refractivity contribution in [3.8, 4) is 0 Å². The summed E-state index contributed by atoms with van der Waals surface area (Å²) in [5, 5.41) is 2.67. The highest BCUT2D eigenvalue weighted by Crippen LogP contribution is 1.96. The molecule has 19 heavy (non-hydrogen) atoms. The van der Waals surface area contributed by atoms with Crippen molar-refractivity contribution >= 4 is 15.7 Å². The van der Waals surface area contributed by atoms with Gasteiger partial charge in [-0.2, -0.15) is 0 Å². The molecule has 1 rings (SSSR count). The summed E-state index contributed by atoms with van der Waals surface area (Å²) in [6.45, 7) is 0.427. The second-order valence-electron chi connectivity index (χ2n) is 4.52. The number of imidazole rings is 1. The Kier molecular flexibility index (Phi) is 5.49. The molecule has 1 atom stereocenters. The molecular weight excluding hydrogens is 268 g/mol. The number of amides is 1. The zero-order chi connectivity index (χ0) is 14.5. The van der Waals surface area contributed by atoms with Gasteiger partial charge in [0.25, 0.3) is 0 Å². The SMILES string of the molecule is Cn1ccnc1CCNC(=O)C(N)CCS(C)(=O)=O. The molecule has 0 saturated carbocycles. The van der Waals surface area contributed by atoms with Crippen LogP contribution in [0.4, 0.5) is 0 Å². The average molecular weight is 288 g/mol. The lowest BCUT2D eigenvalue weighted by Gasteiger charge is -2.11. The number of aromatic nitrogens is 2. The normalized spacial score (nSPS) is 13.2. The maximum absolute atomic E-state index is 11.6. The van der Waals surface area contributed by atoms with Crippen LogP contribution in [0.5, 0.6) is 0 Å². The Hall–Kier alpha value is -1.41. The highest BCUT2D eigenvalue weighted by Gasteiger charge is 2.15. The van der Waals surface area contributed by atoms with Crippen molar-refractivity contribution in [2.75, 3.05) is 18.6 Å². The minimum absolute atomic E-state index is 0.0824. The summed E-state index contributed by atoms with van der Waals surface area (Å²) in [5.41, 5.74) is 5.62. The number of rotatable bonds is 7. The van der Waals surface area contributed by atoms with Crippen LogP contribution in [0.1, 0.15) is 12.2 Å². The summed E-state index contributed by atoms with van der Waals surface area (Å²) in [5.74, 6) is 0.448. The van der Waals surface area contributed by atoms with E-state index in [1.807, 2.05) is 17.8 Å². The number of hydrogen-bond acceptors (Lipinski definition) is 5. The molecule has 8 heteroatoms. The Morgan fingerprint density at radius 2 is 2.26 bits per heavy atom. The van der Waals surface area contributed by atoms with Crippen molar-refractivity contribution in [3.05, 3.63) is 18.2 Å². The monoisotopic (exact) mass is 288 g/mol. The molecule has 0 radical (unpaired) electrons. The standard InChI is InChI=1S/C11H20N4O3S/c1-15-7-6-13-10(15)3-5-14-11(16)9(12)4-8-19(2,17)18/h6-7,9H,3-5,8,12H2,1-2H3,(H,14,16). The summed E-state index contributed by atoms with van der Waals surface area (Å²) < 4.78 is 23.8. The Morgan fingerprint density at radius 1 is 1.58 bits per heavy atom. The van der Waals surface area contributed by atoms with E-state index in [1.165, 1.54) is 0 Å². The first-order valence-corrected chi connectivity index (χ1v) is 8.03. The molecule has 0 aliphatic rings. The van der Waals surface area contributed by atoms with Gasteiger partial charge in [0.15, 0.2) is 0 Å². The van der Waals surface area contributed by atoms with E-state index in [0.717, 1.165) is 12.1 Å². The number of carbonyl (C=O) groups excluding carboxylic acids is 1. The second-order valence-corrected chi connectivity index (χ2v) is 6.78. The quantitative estimate of drug-likeness (QED) is 0.658. The van der Waals surface area contributed by atoms with Crippen LogP contribution in [-0.4, -0.2) is 48.5 Å². The molecule has 0 bridgehead atoms. The third-order valence-corrected chi connectivity index (χ3v) is 3.68. The lowest BCUT2D eigenvalue weighted by Crippen LogP contribution is -2.42. The molecule has 1 heterocycles. The molecule has 108 valence electrons. The van der Waals surface area contributed by atoms with Crippen molar-refractivity contribution < 1.29 is 13.2 Å². The lowest BCUT2D eigenvalue weighted by molar-refractivity contribution is -0.122.